The number of rotatable bonds is 5. The number of hydrogen-bond donors (Lipinski definition) is 1. The summed E-state index contributed by atoms with van der Waals surface area (Å²) in [7, 11) is -2.72. The Morgan fingerprint density at radius 1 is 1.21 bits per heavy atom. The number of nitrogens with zero attached hydrogens (tertiary/aromatic N) is 3. The third kappa shape index (κ3) is 4.04. The zero-order chi connectivity index (χ0) is 20.5. The number of hydrogen-bond acceptors (Lipinski definition) is 5. The minimum absolute atomic E-state index is 0.210. The first-order valence-corrected chi connectivity index (χ1v) is 9.40. The fourth-order valence-electron chi connectivity index (χ4n) is 2.30. The summed E-state index contributed by atoms with van der Waals surface area (Å²) in [6.07, 6.45) is -1.96. The number of anilines is 1. The number of ether oxygens (including phenoxy) is 1. The molecule has 1 N–H and O–H groups in total. The van der Waals surface area contributed by atoms with Crippen LogP contribution in [0.5, 0.6) is 5.75 Å². The molecule has 0 spiro atoms. The van der Waals surface area contributed by atoms with Crippen molar-refractivity contribution in [1.29, 1.82) is 0 Å². The molecule has 28 heavy (non-hydrogen) atoms. The van der Waals surface area contributed by atoms with Gasteiger partial charge in [0.05, 0.1) is 29.6 Å². The van der Waals surface area contributed by atoms with Gasteiger partial charge in [0.15, 0.2) is 10.8 Å². The Labute approximate surface area is 162 Å². The van der Waals surface area contributed by atoms with E-state index in [0.717, 1.165) is 17.1 Å². The molecule has 0 atom stereocenters. The van der Waals surface area contributed by atoms with Gasteiger partial charge in [-0.1, -0.05) is 17.7 Å². The predicted molar refractivity (Wildman–Crippen MR) is 95.2 cm³/mol. The minimum atomic E-state index is -4.63. The zero-order valence-electron chi connectivity index (χ0n) is 14.1. The van der Waals surface area contributed by atoms with Crippen molar-refractivity contribution in [2.24, 2.45) is 0 Å². The van der Waals surface area contributed by atoms with Crippen LogP contribution in [-0.4, -0.2) is 30.1 Å². The van der Waals surface area contributed by atoms with E-state index in [0.29, 0.717) is 18.0 Å². The average molecular weight is 433 g/mol. The van der Waals surface area contributed by atoms with Gasteiger partial charge in [-0.25, -0.2) is 9.97 Å². The lowest BCUT2D eigenvalue weighted by atomic mass is 10.3. The first-order chi connectivity index (χ1) is 13.1. The summed E-state index contributed by atoms with van der Waals surface area (Å²) >= 11 is 5.91. The molecule has 12 heteroatoms. The molecule has 0 fully saturated rings. The van der Waals surface area contributed by atoms with Gasteiger partial charge in [-0.05, 0) is 18.2 Å². The second-order valence-corrected chi connectivity index (χ2v) is 7.50. The number of pyridine rings is 1. The molecule has 2 aromatic heterocycles. The topological polar surface area (TPSA) is 86.1 Å². The lowest BCUT2D eigenvalue weighted by Crippen LogP contribution is -2.17. The molecule has 1 aromatic carbocycles. The van der Waals surface area contributed by atoms with Crippen molar-refractivity contribution in [1.82, 2.24) is 14.5 Å². The van der Waals surface area contributed by atoms with Crippen molar-refractivity contribution in [2.75, 3.05) is 11.8 Å². The highest BCUT2D eigenvalue weighted by molar-refractivity contribution is 7.92. The standard InChI is InChI=1S/C16H12ClF3N4O3S/c1-27-12-4-2-3-11(6-12)23-28(25,26)14-8-21-9-24(14)15-13(17)5-10(7-22-15)16(18,19)20/h2-9,23H,1H3. The molecular formula is C16H12ClF3N4O3S. The second kappa shape index (κ2) is 7.32. The summed E-state index contributed by atoms with van der Waals surface area (Å²) in [5.74, 6) is 0.222. The third-order valence-corrected chi connectivity index (χ3v) is 5.21. The van der Waals surface area contributed by atoms with Gasteiger partial charge in [-0.15, -0.1) is 0 Å². The van der Waals surface area contributed by atoms with Crippen LogP contribution in [0.2, 0.25) is 5.02 Å². The fraction of sp³-hybridized carbons (Fsp3) is 0.125. The summed E-state index contributed by atoms with van der Waals surface area (Å²) in [4.78, 5) is 7.41. The van der Waals surface area contributed by atoms with Gasteiger partial charge < -0.3 is 4.74 Å². The van der Waals surface area contributed by atoms with Crippen LogP contribution in [0.1, 0.15) is 5.56 Å². The SMILES string of the molecule is COc1cccc(NS(=O)(=O)c2cncn2-c2ncc(C(F)(F)F)cc2Cl)c1. The van der Waals surface area contributed by atoms with Gasteiger partial charge in [-0.3, -0.25) is 9.29 Å². The molecule has 148 valence electrons. The normalized spacial score (nSPS) is 12.0. The van der Waals surface area contributed by atoms with E-state index in [9.17, 15) is 21.6 Å². The quantitative estimate of drug-likeness (QED) is 0.663. The Morgan fingerprint density at radius 3 is 2.61 bits per heavy atom. The largest absolute Gasteiger partial charge is 0.497 e. The molecule has 0 saturated carbocycles. The molecular weight excluding hydrogens is 421 g/mol. The first kappa shape index (κ1) is 20.0. The summed E-state index contributed by atoms with van der Waals surface area (Å²) < 4.78 is 72.2. The number of halogens is 4. The Kier molecular flexibility index (Phi) is 5.22. The molecule has 0 saturated heterocycles. The van der Waals surface area contributed by atoms with Crippen LogP contribution in [0.3, 0.4) is 0 Å². The van der Waals surface area contributed by atoms with Crippen LogP contribution in [0.4, 0.5) is 18.9 Å². The van der Waals surface area contributed by atoms with E-state index in [2.05, 4.69) is 14.7 Å². The fourth-order valence-corrected chi connectivity index (χ4v) is 3.69. The molecule has 0 bridgehead atoms. The molecule has 0 aliphatic carbocycles. The molecule has 0 unspecified atom stereocenters. The third-order valence-electron chi connectivity index (χ3n) is 3.58. The van der Waals surface area contributed by atoms with E-state index >= 15 is 0 Å². The van der Waals surface area contributed by atoms with Gasteiger partial charge in [0, 0.05) is 12.3 Å². The Hall–Kier alpha value is -2.79. The number of sulfonamides is 1. The summed E-state index contributed by atoms with van der Waals surface area (Å²) in [5, 5.41) is -0.741. The lowest BCUT2D eigenvalue weighted by Gasteiger charge is -2.13. The van der Waals surface area contributed by atoms with Crippen molar-refractivity contribution >= 4 is 27.3 Å². The maximum absolute atomic E-state index is 12.8. The molecule has 7 nitrogen and oxygen atoms in total. The van der Waals surface area contributed by atoms with Crippen molar-refractivity contribution in [2.45, 2.75) is 11.2 Å². The molecule has 0 aliphatic heterocycles. The van der Waals surface area contributed by atoms with Crippen molar-refractivity contribution < 1.29 is 26.3 Å². The van der Waals surface area contributed by atoms with Crippen molar-refractivity contribution in [3.63, 3.8) is 0 Å². The highest BCUT2D eigenvalue weighted by atomic mass is 35.5. The van der Waals surface area contributed by atoms with Crippen LogP contribution in [0, 0.1) is 0 Å². The zero-order valence-corrected chi connectivity index (χ0v) is 15.7. The Morgan fingerprint density at radius 2 is 1.96 bits per heavy atom. The van der Waals surface area contributed by atoms with Gasteiger partial charge >= 0.3 is 6.18 Å². The van der Waals surface area contributed by atoms with E-state index in [1.165, 1.54) is 19.2 Å². The van der Waals surface area contributed by atoms with Gasteiger partial charge in [-0.2, -0.15) is 21.6 Å². The smallest absolute Gasteiger partial charge is 0.417 e. The van der Waals surface area contributed by atoms with Gasteiger partial charge in [0.2, 0.25) is 0 Å². The first-order valence-electron chi connectivity index (χ1n) is 7.54. The van der Waals surface area contributed by atoms with Gasteiger partial charge in [0.1, 0.15) is 12.1 Å². The highest BCUT2D eigenvalue weighted by Crippen LogP contribution is 2.32. The van der Waals surface area contributed by atoms with E-state index < -0.39 is 21.8 Å². The van der Waals surface area contributed by atoms with Crippen LogP contribution >= 0.6 is 11.6 Å². The highest BCUT2D eigenvalue weighted by Gasteiger charge is 2.32. The molecule has 3 aromatic rings. The minimum Gasteiger partial charge on any atom is -0.497 e. The Balaban J connectivity index is 1.99. The molecule has 0 aliphatic rings. The Bertz CT molecular complexity index is 1120. The monoisotopic (exact) mass is 432 g/mol. The second-order valence-electron chi connectivity index (χ2n) is 5.47. The van der Waals surface area contributed by atoms with Crippen molar-refractivity contribution in [3.8, 4) is 11.6 Å². The number of imidazole rings is 1. The average Bonchev–Trinajstić information content (AvgIpc) is 3.11. The summed E-state index contributed by atoms with van der Waals surface area (Å²) in [6.45, 7) is 0. The van der Waals surface area contributed by atoms with E-state index in [4.69, 9.17) is 16.3 Å². The van der Waals surface area contributed by atoms with Crippen LogP contribution in [0.15, 0.2) is 54.1 Å². The maximum Gasteiger partial charge on any atom is 0.417 e. The predicted octanol–water partition coefficient (Wildman–Crippen LogP) is 3.75. The van der Waals surface area contributed by atoms with E-state index in [1.807, 2.05) is 0 Å². The van der Waals surface area contributed by atoms with Crippen LogP contribution in [0.25, 0.3) is 5.82 Å². The number of alkyl halides is 3. The molecule has 2 heterocycles. The summed E-state index contributed by atoms with van der Waals surface area (Å²) in [6, 6.07) is 6.84. The number of nitrogens with one attached hydrogen (secondary N) is 1. The van der Waals surface area contributed by atoms with Crippen LogP contribution < -0.4 is 9.46 Å². The van der Waals surface area contributed by atoms with E-state index in [1.54, 1.807) is 12.1 Å². The molecule has 0 radical (unpaired) electrons. The lowest BCUT2D eigenvalue weighted by molar-refractivity contribution is -0.137. The number of methoxy groups -OCH3 is 1. The van der Waals surface area contributed by atoms with Gasteiger partial charge in [0.25, 0.3) is 10.0 Å². The number of aromatic nitrogens is 3. The van der Waals surface area contributed by atoms with E-state index in [-0.39, 0.29) is 21.6 Å². The van der Waals surface area contributed by atoms with Crippen molar-refractivity contribution in [3.05, 3.63) is 59.6 Å². The molecule has 0 amide bonds. The molecule has 3 rings (SSSR count). The summed E-state index contributed by atoms with van der Waals surface area (Å²) in [5.41, 5.74) is -0.834. The van der Waals surface area contributed by atoms with Crippen LogP contribution in [-0.2, 0) is 16.2 Å². The maximum atomic E-state index is 12.8. The number of benzene rings is 1.